The van der Waals surface area contributed by atoms with Gasteiger partial charge in [-0.25, -0.2) is 14.8 Å². The molecule has 3 amide bonds. The fourth-order valence-electron chi connectivity index (χ4n) is 3.81. The molecule has 144 valence electrons. The largest absolute Gasteiger partial charge is 0.361 e. The van der Waals surface area contributed by atoms with Gasteiger partial charge < -0.3 is 10.3 Å². The normalized spacial score (nSPS) is 16.7. The third-order valence-corrected chi connectivity index (χ3v) is 5.36. The summed E-state index contributed by atoms with van der Waals surface area (Å²) in [4.78, 5) is 39.0. The van der Waals surface area contributed by atoms with Crippen molar-refractivity contribution in [2.24, 2.45) is 0 Å². The zero-order chi connectivity index (χ0) is 20.0. The average molecular weight is 385 g/mol. The molecule has 7 nitrogen and oxygen atoms in total. The third kappa shape index (κ3) is 3.00. The van der Waals surface area contributed by atoms with Gasteiger partial charge in [0.1, 0.15) is 6.04 Å². The number of nitrogens with one attached hydrogen (secondary N) is 2. The minimum absolute atomic E-state index is 0.110. The van der Waals surface area contributed by atoms with Crippen molar-refractivity contribution in [1.82, 2.24) is 25.2 Å². The Labute approximate surface area is 166 Å². The number of carbonyl (C=O) groups is 2. The van der Waals surface area contributed by atoms with E-state index >= 15 is 0 Å². The number of para-hydroxylation sites is 3. The molecule has 0 bridgehead atoms. The maximum atomic E-state index is 12.9. The quantitative estimate of drug-likeness (QED) is 0.528. The molecule has 0 aliphatic carbocycles. The van der Waals surface area contributed by atoms with E-state index in [1.165, 1.54) is 4.90 Å². The van der Waals surface area contributed by atoms with Crippen LogP contribution >= 0.6 is 0 Å². The molecule has 0 spiro atoms. The Hall–Kier alpha value is -3.74. The Morgan fingerprint density at radius 3 is 2.55 bits per heavy atom. The van der Waals surface area contributed by atoms with Crippen molar-refractivity contribution in [3.8, 4) is 0 Å². The molecule has 29 heavy (non-hydrogen) atoms. The van der Waals surface area contributed by atoms with E-state index in [0.717, 1.165) is 27.5 Å². The van der Waals surface area contributed by atoms with Crippen molar-refractivity contribution in [2.45, 2.75) is 25.9 Å². The Morgan fingerprint density at radius 1 is 1.00 bits per heavy atom. The first kappa shape index (κ1) is 17.4. The van der Waals surface area contributed by atoms with Crippen molar-refractivity contribution in [3.05, 3.63) is 71.7 Å². The van der Waals surface area contributed by atoms with Crippen LogP contribution in [0.2, 0.25) is 0 Å². The van der Waals surface area contributed by atoms with E-state index in [9.17, 15) is 9.59 Å². The monoisotopic (exact) mass is 385 g/mol. The van der Waals surface area contributed by atoms with E-state index in [0.29, 0.717) is 17.8 Å². The summed E-state index contributed by atoms with van der Waals surface area (Å²) in [7, 11) is 0. The highest BCUT2D eigenvalue weighted by Gasteiger charge is 2.38. The van der Waals surface area contributed by atoms with Gasteiger partial charge in [0.05, 0.1) is 29.0 Å². The highest BCUT2D eigenvalue weighted by Crippen LogP contribution is 2.22. The van der Waals surface area contributed by atoms with Crippen LogP contribution in [0.5, 0.6) is 0 Å². The molecule has 5 rings (SSSR count). The molecule has 1 aliphatic rings. The van der Waals surface area contributed by atoms with Gasteiger partial charge in [0.15, 0.2) is 0 Å². The molecule has 2 aromatic heterocycles. The molecule has 1 aliphatic heterocycles. The summed E-state index contributed by atoms with van der Waals surface area (Å²) < 4.78 is 0. The number of nitrogens with zero attached hydrogens (tertiary/aromatic N) is 3. The van der Waals surface area contributed by atoms with E-state index in [-0.39, 0.29) is 12.5 Å². The van der Waals surface area contributed by atoms with Gasteiger partial charge in [-0.3, -0.25) is 9.69 Å². The summed E-state index contributed by atoms with van der Waals surface area (Å²) in [6, 6.07) is 14.5. The Bertz CT molecular complexity index is 1260. The maximum Gasteiger partial charge on any atom is 0.325 e. The molecule has 1 saturated heterocycles. The highest BCUT2D eigenvalue weighted by molar-refractivity contribution is 6.04. The van der Waals surface area contributed by atoms with Crippen LogP contribution in [0.1, 0.15) is 17.0 Å². The molecule has 1 atom stereocenters. The number of H-pyrrole nitrogens is 1. The second-order valence-corrected chi connectivity index (χ2v) is 7.23. The van der Waals surface area contributed by atoms with Crippen molar-refractivity contribution in [1.29, 1.82) is 0 Å². The molecule has 0 saturated carbocycles. The van der Waals surface area contributed by atoms with Crippen molar-refractivity contribution < 1.29 is 9.59 Å². The molecule has 3 heterocycles. The first-order valence-corrected chi connectivity index (χ1v) is 9.49. The van der Waals surface area contributed by atoms with Gasteiger partial charge in [-0.2, -0.15) is 0 Å². The minimum Gasteiger partial charge on any atom is -0.361 e. The fourth-order valence-corrected chi connectivity index (χ4v) is 3.81. The number of aromatic amines is 1. The maximum absolute atomic E-state index is 12.9. The number of fused-ring (bicyclic) bond motifs is 2. The number of carbonyl (C=O) groups excluding carboxylic acids is 2. The molecule has 1 fully saturated rings. The number of hydrogen-bond donors (Lipinski definition) is 2. The van der Waals surface area contributed by atoms with E-state index in [1.54, 1.807) is 0 Å². The van der Waals surface area contributed by atoms with Gasteiger partial charge >= 0.3 is 6.03 Å². The van der Waals surface area contributed by atoms with Crippen LogP contribution in [0.15, 0.2) is 54.7 Å². The van der Waals surface area contributed by atoms with Crippen LogP contribution in [-0.4, -0.2) is 37.8 Å². The lowest BCUT2D eigenvalue weighted by atomic mass is 10.1. The van der Waals surface area contributed by atoms with Crippen LogP contribution in [0.4, 0.5) is 4.79 Å². The first-order valence-electron chi connectivity index (χ1n) is 9.49. The zero-order valence-corrected chi connectivity index (χ0v) is 15.8. The Balaban J connectivity index is 1.39. The molecular formula is C22H19N5O2. The number of amides is 3. The number of aromatic nitrogens is 3. The molecule has 2 N–H and O–H groups in total. The van der Waals surface area contributed by atoms with Gasteiger partial charge in [0.25, 0.3) is 5.91 Å². The van der Waals surface area contributed by atoms with E-state index < -0.39 is 12.1 Å². The molecule has 2 aromatic carbocycles. The number of aryl methyl sites for hydroxylation is 1. The van der Waals surface area contributed by atoms with Crippen molar-refractivity contribution >= 4 is 33.9 Å². The lowest BCUT2D eigenvalue weighted by Crippen LogP contribution is -2.32. The minimum atomic E-state index is -0.588. The van der Waals surface area contributed by atoms with Crippen molar-refractivity contribution in [3.63, 3.8) is 0 Å². The number of urea groups is 1. The van der Waals surface area contributed by atoms with Crippen molar-refractivity contribution in [2.75, 3.05) is 0 Å². The second kappa shape index (κ2) is 6.70. The van der Waals surface area contributed by atoms with Crippen LogP contribution in [0, 0.1) is 6.92 Å². The van der Waals surface area contributed by atoms with Crippen LogP contribution < -0.4 is 5.32 Å². The number of rotatable bonds is 4. The second-order valence-electron chi connectivity index (χ2n) is 7.23. The van der Waals surface area contributed by atoms with Gasteiger partial charge in [-0.1, -0.05) is 30.3 Å². The molecule has 4 aromatic rings. The Kier molecular flexibility index (Phi) is 4.01. The first-order chi connectivity index (χ1) is 14.1. The molecule has 7 heteroatoms. The fraction of sp³-hybridized carbons (Fsp3) is 0.182. The van der Waals surface area contributed by atoms with Crippen LogP contribution in [0.3, 0.4) is 0 Å². The number of benzene rings is 2. The summed E-state index contributed by atoms with van der Waals surface area (Å²) in [5.41, 5.74) is 4.89. The number of hydrogen-bond acceptors (Lipinski definition) is 4. The topological polar surface area (TPSA) is 91.0 Å². The molecular weight excluding hydrogens is 366 g/mol. The smallest absolute Gasteiger partial charge is 0.325 e. The summed E-state index contributed by atoms with van der Waals surface area (Å²) in [6.45, 7) is 1.95. The van der Waals surface area contributed by atoms with E-state index in [4.69, 9.17) is 0 Å². The summed E-state index contributed by atoms with van der Waals surface area (Å²) >= 11 is 0. The van der Waals surface area contributed by atoms with Gasteiger partial charge in [-0.15, -0.1) is 0 Å². The summed E-state index contributed by atoms with van der Waals surface area (Å²) in [5.74, 6) is -0.241. The zero-order valence-electron chi connectivity index (χ0n) is 15.8. The van der Waals surface area contributed by atoms with Gasteiger partial charge in [0, 0.05) is 23.5 Å². The number of imide groups is 1. The lowest BCUT2D eigenvalue weighted by molar-refractivity contribution is -0.127. The van der Waals surface area contributed by atoms with Crippen LogP contribution in [0.25, 0.3) is 21.9 Å². The predicted octanol–water partition coefficient (Wildman–Crippen LogP) is 3.08. The van der Waals surface area contributed by atoms with E-state index in [2.05, 4.69) is 20.3 Å². The summed E-state index contributed by atoms with van der Waals surface area (Å²) in [5, 5.41) is 3.87. The van der Waals surface area contributed by atoms with Gasteiger partial charge in [0.2, 0.25) is 0 Å². The van der Waals surface area contributed by atoms with Gasteiger partial charge in [-0.05, 0) is 30.7 Å². The predicted molar refractivity (Wildman–Crippen MR) is 109 cm³/mol. The average Bonchev–Trinajstić information content (AvgIpc) is 3.25. The summed E-state index contributed by atoms with van der Waals surface area (Å²) in [6.07, 6.45) is 2.33. The van der Waals surface area contributed by atoms with E-state index in [1.807, 2.05) is 61.7 Å². The molecule has 0 radical (unpaired) electrons. The lowest BCUT2D eigenvalue weighted by Gasteiger charge is -2.14. The SMILES string of the molecule is Cc1nc2ccccc2nc1CN1C(=O)N[C@@H](Cc2c[nH]c3ccccc23)C1=O. The molecule has 0 unspecified atom stereocenters. The standard InChI is InChI=1S/C22H19N5O2/c1-13-20(25-18-9-5-4-8-17(18)24-13)12-27-21(28)19(26-22(27)29)10-14-11-23-16-7-3-2-6-15(14)16/h2-9,11,19,23H,10,12H2,1H3,(H,26,29)/t19-/m0/s1. The van der Waals surface area contributed by atoms with Crippen LogP contribution in [-0.2, 0) is 17.8 Å². The Morgan fingerprint density at radius 2 is 1.72 bits per heavy atom. The highest BCUT2D eigenvalue weighted by atomic mass is 16.2. The third-order valence-electron chi connectivity index (χ3n) is 5.36.